The number of nitrogens with two attached hydrogens (primary N) is 1. The standard InChI is InChI=1S/C14H11ClFN3/c1-8-4-12(18)10(15)6-14(8)19-13-3-2-9(7-17)5-11(13)16/h2-6,19H,18H2,1H3. The molecule has 0 fully saturated rings. The lowest BCUT2D eigenvalue weighted by Gasteiger charge is -2.12. The van der Waals surface area contributed by atoms with Gasteiger partial charge in [-0.2, -0.15) is 5.26 Å². The number of anilines is 3. The van der Waals surface area contributed by atoms with E-state index in [1.807, 2.05) is 13.0 Å². The van der Waals surface area contributed by atoms with Crippen LogP contribution in [0.2, 0.25) is 5.02 Å². The van der Waals surface area contributed by atoms with Gasteiger partial charge < -0.3 is 11.1 Å². The third-order valence-corrected chi connectivity index (χ3v) is 3.04. The molecule has 0 amide bonds. The van der Waals surface area contributed by atoms with Crippen molar-refractivity contribution in [3.8, 4) is 6.07 Å². The van der Waals surface area contributed by atoms with Crippen LogP contribution in [0.1, 0.15) is 11.1 Å². The second-order valence-electron chi connectivity index (χ2n) is 4.12. The first kappa shape index (κ1) is 13.2. The maximum Gasteiger partial charge on any atom is 0.147 e. The minimum absolute atomic E-state index is 0.273. The van der Waals surface area contributed by atoms with E-state index < -0.39 is 5.82 Å². The van der Waals surface area contributed by atoms with Crippen LogP contribution in [0.25, 0.3) is 0 Å². The van der Waals surface area contributed by atoms with E-state index in [4.69, 9.17) is 22.6 Å². The Morgan fingerprint density at radius 2 is 2.00 bits per heavy atom. The first-order chi connectivity index (χ1) is 9.01. The molecule has 96 valence electrons. The van der Waals surface area contributed by atoms with E-state index >= 15 is 0 Å². The number of aryl methyl sites for hydroxylation is 1. The summed E-state index contributed by atoms with van der Waals surface area (Å²) in [6.07, 6.45) is 0. The molecule has 3 N–H and O–H groups in total. The van der Waals surface area contributed by atoms with Crippen LogP contribution in [0.15, 0.2) is 30.3 Å². The normalized spacial score (nSPS) is 10.0. The van der Waals surface area contributed by atoms with Crippen molar-refractivity contribution in [2.24, 2.45) is 0 Å². The van der Waals surface area contributed by atoms with Crippen molar-refractivity contribution in [3.63, 3.8) is 0 Å². The zero-order valence-electron chi connectivity index (χ0n) is 10.2. The van der Waals surface area contributed by atoms with Crippen LogP contribution in [-0.4, -0.2) is 0 Å². The molecule has 0 heterocycles. The third-order valence-electron chi connectivity index (χ3n) is 2.71. The molecule has 2 rings (SSSR count). The van der Waals surface area contributed by atoms with Crippen LogP contribution in [-0.2, 0) is 0 Å². The number of hydrogen-bond donors (Lipinski definition) is 2. The second-order valence-corrected chi connectivity index (χ2v) is 4.53. The summed E-state index contributed by atoms with van der Waals surface area (Å²) in [5, 5.41) is 12.0. The quantitative estimate of drug-likeness (QED) is 0.815. The Morgan fingerprint density at radius 1 is 1.26 bits per heavy atom. The van der Waals surface area contributed by atoms with Crippen molar-refractivity contribution in [1.82, 2.24) is 0 Å². The van der Waals surface area contributed by atoms with Gasteiger partial charge in [0.1, 0.15) is 5.82 Å². The van der Waals surface area contributed by atoms with Crippen molar-refractivity contribution in [3.05, 3.63) is 52.3 Å². The molecule has 19 heavy (non-hydrogen) atoms. The highest BCUT2D eigenvalue weighted by atomic mass is 35.5. The Morgan fingerprint density at radius 3 is 2.63 bits per heavy atom. The van der Waals surface area contributed by atoms with Crippen LogP contribution in [0.3, 0.4) is 0 Å². The molecule has 5 heteroatoms. The minimum Gasteiger partial charge on any atom is -0.398 e. The molecule has 0 radical (unpaired) electrons. The number of rotatable bonds is 2. The average Bonchev–Trinajstić information content (AvgIpc) is 2.38. The molecule has 0 bridgehead atoms. The van der Waals surface area contributed by atoms with Crippen LogP contribution in [0, 0.1) is 24.1 Å². The summed E-state index contributed by atoms with van der Waals surface area (Å²) in [5.74, 6) is -0.494. The lowest BCUT2D eigenvalue weighted by molar-refractivity contribution is 0.631. The second kappa shape index (κ2) is 5.17. The van der Waals surface area contributed by atoms with E-state index in [1.165, 1.54) is 12.1 Å². The molecular formula is C14H11ClFN3. The van der Waals surface area contributed by atoms with Crippen LogP contribution >= 0.6 is 11.6 Å². The molecule has 2 aromatic carbocycles. The molecule has 0 saturated carbocycles. The Bertz CT molecular complexity index is 677. The first-order valence-electron chi connectivity index (χ1n) is 5.53. The Balaban J connectivity index is 2.37. The number of benzene rings is 2. The molecule has 2 aromatic rings. The minimum atomic E-state index is -0.494. The van der Waals surface area contributed by atoms with E-state index in [0.717, 1.165) is 5.56 Å². The zero-order chi connectivity index (χ0) is 14.0. The maximum absolute atomic E-state index is 13.8. The third kappa shape index (κ3) is 2.78. The summed E-state index contributed by atoms with van der Waals surface area (Å²) in [6.45, 7) is 1.84. The predicted molar refractivity (Wildman–Crippen MR) is 75.0 cm³/mol. The van der Waals surface area contributed by atoms with Gasteiger partial charge in [-0.25, -0.2) is 4.39 Å². The lowest BCUT2D eigenvalue weighted by Crippen LogP contribution is -1.98. The first-order valence-corrected chi connectivity index (χ1v) is 5.91. The smallest absolute Gasteiger partial charge is 0.147 e. The van der Waals surface area contributed by atoms with E-state index in [1.54, 1.807) is 18.2 Å². The fourth-order valence-electron chi connectivity index (χ4n) is 1.67. The van der Waals surface area contributed by atoms with Gasteiger partial charge in [0.05, 0.1) is 28.0 Å². The zero-order valence-corrected chi connectivity index (χ0v) is 10.9. The molecule has 0 aromatic heterocycles. The molecule has 0 spiro atoms. The number of nitrogens with one attached hydrogen (secondary N) is 1. The van der Waals surface area contributed by atoms with Gasteiger partial charge in [-0.1, -0.05) is 11.6 Å². The van der Waals surface area contributed by atoms with Crippen LogP contribution in [0.4, 0.5) is 21.5 Å². The summed E-state index contributed by atoms with van der Waals surface area (Å²) in [5.41, 5.74) is 8.23. The van der Waals surface area contributed by atoms with Crippen molar-refractivity contribution >= 4 is 28.7 Å². The van der Waals surface area contributed by atoms with E-state index in [-0.39, 0.29) is 11.3 Å². The molecule has 0 atom stereocenters. The van der Waals surface area contributed by atoms with E-state index in [2.05, 4.69) is 5.32 Å². The SMILES string of the molecule is Cc1cc(N)c(Cl)cc1Nc1ccc(C#N)cc1F. The fraction of sp³-hybridized carbons (Fsp3) is 0.0714. The van der Waals surface area contributed by atoms with Crippen molar-refractivity contribution < 1.29 is 4.39 Å². The van der Waals surface area contributed by atoms with Gasteiger partial charge in [0.25, 0.3) is 0 Å². The Hall–Kier alpha value is -2.25. The predicted octanol–water partition coefficient (Wildman–Crippen LogP) is 3.99. The molecule has 0 aliphatic heterocycles. The summed E-state index contributed by atoms with van der Waals surface area (Å²) in [7, 11) is 0. The fourth-order valence-corrected chi connectivity index (χ4v) is 1.83. The highest BCUT2D eigenvalue weighted by Crippen LogP contribution is 2.29. The topological polar surface area (TPSA) is 61.8 Å². The summed E-state index contributed by atoms with van der Waals surface area (Å²) < 4.78 is 13.8. The summed E-state index contributed by atoms with van der Waals surface area (Å²) in [6, 6.07) is 9.47. The molecule has 0 aliphatic rings. The average molecular weight is 276 g/mol. The van der Waals surface area contributed by atoms with Gasteiger partial charge in [-0.3, -0.25) is 0 Å². The van der Waals surface area contributed by atoms with Gasteiger partial charge in [0, 0.05) is 5.69 Å². The number of hydrogen-bond acceptors (Lipinski definition) is 3. The van der Waals surface area contributed by atoms with Gasteiger partial charge in [-0.05, 0) is 42.8 Å². The number of nitriles is 1. The van der Waals surface area contributed by atoms with Crippen molar-refractivity contribution in [2.75, 3.05) is 11.1 Å². The Kier molecular flexibility index (Phi) is 3.59. The lowest BCUT2D eigenvalue weighted by atomic mass is 10.1. The summed E-state index contributed by atoms with van der Waals surface area (Å²) >= 11 is 5.94. The van der Waals surface area contributed by atoms with Gasteiger partial charge >= 0.3 is 0 Å². The largest absolute Gasteiger partial charge is 0.398 e. The highest BCUT2D eigenvalue weighted by molar-refractivity contribution is 6.33. The molecule has 3 nitrogen and oxygen atoms in total. The number of halogens is 2. The molecule has 0 unspecified atom stereocenters. The molecule has 0 saturated heterocycles. The Labute approximate surface area is 115 Å². The maximum atomic E-state index is 13.8. The highest BCUT2D eigenvalue weighted by Gasteiger charge is 2.07. The van der Waals surface area contributed by atoms with E-state index in [9.17, 15) is 4.39 Å². The monoisotopic (exact) mass is 275 g/mol. The van der Waals surface area contributed by atoms with E-state index in [0.29, 0.717) is 16.4 Å². The molecular weight excluding hydrogens is 265 g/mol. The van der Waals surface area contributed by atoms with Crippen molar-refractivity contribution in [2.45, 2.75) is 6.92 Å². The number of nitrogen functional groups attached to an aromatic ring is 1. The molecule has 0 aliphatic carbocycles. The van der Waals surface area contributed by atoms with Crippen molar-refractivity contribution in [1.29, 1.82) is 5.26 Å². The van der Waals surface area contributed by atoms with Gasteiger partial charge in [-0.15, -0.1) is 0 Å². The van der Waals surface area contributed by atoms with Gasteiger partial charge in [0.15, 0.2) is 0 Å². The van der Waals surface area contributed by atoms with Crippen LogP contribution in [0.5, 0.6) is 0 Å². The summed E-state index contributed by atoms with van der Waals surface area (Å²) in [4.78, 5) is 0. The van der Waals surface area contributed by atoms with Gasteiger partial charge in [0.2, 0.25) is 0 Å². The van der Waals surface area contributed by atoms with Crippen LogP contribution < -0.4 is 11.1 Å². The number of nitrogens with zero attached hydrogens (tertiary/aromatic N) is 1.